The first-order chi connectivity index (χ1) is 11.9. The van der Waals surface area contributed by atoms with E-state index in [0.717, 1.165) is 23.7 Å². The lowest BCUT2D eigenvalue weighted by atomic mass is 9.82. The molecule has 0 heteroatoms. The van der Waals surface area contributed by atoms with Gasteiger partial charge in [-0.1, -0.05) is 42.7 Å². The van der Waals surface area contributed by atoms with Crippen LogP contribution >= 0.6 is 0 Å². The van der Waals surface area contributed by atoms with Crippen LogP contribution in [0.4, 0.5) is 0 Å². The highest BCUT2D eigenvalue weighted by Gasteiger charge is 2.33. The normalized spacial score (nSPS) is 38.7. The molecule has 0 heterocycles. The summed E-state index contributed by atoms with van der Waals surface area (Å²) >= 11 is 0. The lowest BCUT2D eigenvalue weighted by Gasteiger charge is -2.23. The van der Waals surface area contributed by atoms with Crippen LogP contribution in [0.3, 0.4) is 0 Å². The molecule has 0 amide bonds. The molecule has 0 aromatic rings. The first kappa shape index (κ1) is 15.2. The summed E-state index contributed by atoms with van der Waals surface area (Å²) in [5, 5.41) is 0. The van der Waals surface area contributed by atoms with Crippen LogP contribution in [0.2, 0.25) is 0 Å². The predicted molar refractivity (Wildman–Crippen MR) is 102 cm³/mol. The summed E-state index contributed by atoms with van der Waals surface area (Å²) in [6.45, 7) is 0. The zero-order valence-corrected chi connectivity index (χ0v) is 15.1. The van der Waals surface area contributed by atoms with Crippen molar-refractivity contribution in [2.24, 2.45) is 23.7 Å². The second kappa shape index (κ2) is 6.36. The highest BCUT2D eigenvalue weighted by Crippen LogP contribution is 2.47. The molecular formula is C24H32. The maximum atomic E-state index is 2.60. The van der Waals surface area contributed by atoms with Crippen LogP contribution in [0.1, 0.15) is 77.0 Å². The van der Waals surface area contributed by atoms with Crippen molar-refractivity contribution in [3.63, 3.8) is 0 Å². The van der Waals surface area contributed by atoms with E-state index in [-0.39, 0.29) is 0 Å². The molecule has 4 unspecified atom stereocenters. The molecular weight excluding hydrogens is 288 g/mol. The van der Waals surface area contributed by atoms with Crippen molar-refractivity contribution in [3.05, 3.63) is 46.6 Å². The fourth-order valence-corrected chi connectivity index (χ4v) is 6.42. The van der Waals surface area contributed by atoms with Gasteiger partial charge in [0.1, 0.15) is 0 Å². The molecule has 0 aromatic heterocycles. The molecule has 3 fully saturated rings. The molecule has 6 rings (SSSR count). The zero-order chi connectivity index (χ0) is 15.9. The van der Waals surface area contributed by atoms with Crippen LogP contribution in [0.25, 0.3) is 0 Å². The van der Waals surface area contributed by atoms with Gasteiger partial charge in [0, 0.05) is 0 Å². The van der Waals surface area contributed by atoms with E-state index in [4.69, 9.17) is 0 Å². The SMILES string of the molecule is C1=C2CCCC2=CC2CCCC12.C1=CC2CCCC2C2=C1CCC2. The van der Waals surface area contributed by atoms with Gasteiger partial charge in [0.15, 0.2) is 0 Å². The Bertz CT molecular complexity index is 600. The smallest absolute Gasteiger partial charge is 0.0134 e. The molecule has 0 saturated heterocycles. The van der Waals surface area contributed by atoms with Gasteiger partial charge in [-0.3, -0.25) is 0 Å². The maximum absolute atomic E-state index is 2.60. The fourth-order valence-electron chi connectivity index (χ4n) is 6.42. The Morgan fingerprint density at radius 2 is 1.29 bits per heavy atom. The molecule has 0 spiro atoms. The van der Waals surface area contributed by atoms with Gasteiger partial charge >= 0.3 is 0 Å². The van der Waals surface area contributed by atoms with Crippen molar-refractivity contribution >= 4 is 0 Å². The van der Waals surface area contributed by atoms with Gasteiger partial charge in [-0.2, -0.15) is 0 Å². The summed E-state index contributed by atoms with van der Waals surface area (Å²) in [4.78, 5) is 0. The topological polar surface area (TPSA) is 0 Å². The molecule has 0 N–H and O–H groups in total. The van der Waals surface area contributed by atoms with Crippen LogP contribution in [0.15, 0.2) is 46.6 Å². The third kappa shape index (κ3) is 2.67. The largest absolute Gasteiger partial charge is 0.0805 e. The lowest BCUT2D eigenvalue weighted by molar-refractivity contribution is 0.510. The summed E-state index contributed by atoms with van der Waals surface area (Å²) in [6.07, 6.45) is 27.3. The summed E-state index contributed by atoms with van der Waals surface area (Å²) in [7, 11) is 0. The Morgan fingerprint density at radius 3 is 2.08 bits per heavy atom. The van der Waals surface area contributed by atoms with Crippen LogP contribution in [0.5, 0.6) is 0 Å². The van der Waals surface area contributed by atoms with Crippen molar-refractivity contribution in [1.82, 2.24) is 0 Å². The molecule has 0 aromatic carbocycles. The monoisotopic (exact) mass is 320 g/mol. The summed E-state index contributed by atoms with van der Waals surface area (Å²) < 4.78 is 0. The van der Waals surface area contributed by atoms with Gasteiger partial charge in [-0.05, 0) is 105 Å². The Hall–Kier alpha value is -1.04. The number of allylic oxidation sites excluding steroid dienone is 8. The molecule has 0 aliphatic heterocycles. The van der Waals surface area contributed by atoms with E-state index >= 15 is 0 Å². The minimum Gasteiger partial charge on any atom is -0.0805 e. The number of fused-ring (bicyclic) bond motifs is 4. The van der Waals surface area contributed by atoms with Gasteiger partial charge in [0.25, 0.3) is 0 Å². The van der Waals surface area contributed by atoms with Crippen molar-refractivity contribution in [2.45, 2.75) is 77.0 Å². The maximum Gasteiger partial charge on any atom is -0.0134 e. The van der Waals surface area contributed by atoms with Crippen LogP contribution in [0, 0.1) is 23.7 Å². The minimum absolute atomic E-state index is 0.932. The molecule has 6 aliphatic carbocycles. The quantitative estimate of drug-likeness (QED) is 0.455. The van der Waals surface area contributed by atoms with Gasteiger partial charge in [-0.15, -0.1) is 0 Å². The van der Waals surface area contributed by atoms with Crippen molar-refractivity contribution < 1.29 is 0 Å². The molecule has 0 nitrogen and oxygen atoms in total. The highest BCUT2D eigenvalue weighted by molar-refractivity contribution is 5.39. The standard InChI is InChI=1S/2C12H16/c1-3-9-7-8-10-4-2-6-12(10)11(9)5-1;1-3-9-7-11-5-2-6-12(11)8-10(9)4-1/h7-9,11H,1-6H2;7-10H,1-6H2. The average Bonchev–Trinajstić information content (AvgIpc) is 3.36. The zero-order valence-electron chi connectivity index (χ0n) is 15.1. The van der Waals surface area contributed by atoms with E-state index in [1.54, 1.807) is 16.7 Å². The van der Waals surface area contributed by atoms with Crippen molar-refractivity contribution in [1.29, 1.82) is 0 Å². The van der Waals surface area contributed by atoms with Gasteiger partial charge < -0.3 is 0 Å². The Labute approximate surface area is 147 Å². The molecule has 24 heavy (non-hydrogen) atoms. The van der Waals surface area contributed by atoms with Crippen LogP contribution in [-0.2, 0) is 0 Å². The van der Waals surface area contributed by atoms with E-state index < -0.39 is 0 Å². The fraction of sp³-hybridized carbons (Fsp3) is 0.667. The molecule has 6 aliphatic rings. The van der Waals surface area contributed by atoms with Crippen molar-refractivity contribution in [3.8, 4) is 0 Å². The summed E-state index contributed by atoms with van der Waals surface area (Å²) in [5.41, 5.74) is 6.97. The molecule has 0 radical (unpaired) electrons. The first-order valence-electron chi connectivity index (χ1n) is 10.7. The van der Waals surface area contributed by atoms with Crippen molar-refractivity contribution in [2.75, 3.05) is 0 Å². The Morgan fingerprint density at radius 1 is 0.625 bits per heavy atom. The molecule has 128 valence electrons. The highest BCUT2D eigenvalue weighted by atomic mass is 14.4. The number of hydrogen-bond acceptors (Lipinski definition) is 0. The molecule has 4 atom stereocenters. The summed E-state index contributed by atoms with van der Waals surface area (Å²) in [5.74, 6) is 3.78. The van der Waals surface area contributed by atoms with Gasteiger partial charge in [-0.25, -0.2) is 0 Å². The first-order valence-corrected chi connectivity index (χ1v) is 10.7. The third-order valence-electron chi connectivity index (χ3n) is 7.63. The van der Waals surface area contributed by atoms with Crippen LogP contribution < -0.4 is 0 Å². The molecule has 3 saturated carbocycles. The average molecular weight is 321 g/mol. The van der Waals surface area contributed by atoms with Gasteiger partial charge in [0.05, 0.1) is 0 Å². The number of rotatable bonds is 0. The minimum atomic E-state index is 0.932. The molecule has 0 bridgehead atoms. The second-order valence-electron chi connectivity index (χ2n) is 8.96. The second-order valence-corrected chi connectivity index (χ2v) is 8.96. The van der Waals surface area contributed by atoms with E-state index in [0.29, 0.717) is 0 Å². The number of hydrogen-bond donors (Lipinski definition) is 0. The summed E-state index contributed by atoms with van der Waals surface area (Å²) in [6, 6.07) is 0. The Kier molecular flexibility index (Phi) is 4.03. The van der Waals surface area contributed by atoms with E-state index in [1.807, 2.05) is 5.57 Å². The predicted octanol–water partition coefficient (Wildman–Crippen LogP) is 6.91. The van der Waals surface area contributed by atoms with E-state index in [9.17, 15) is 0 Å². The van der Waals surface area contributed by atoms with Crippen LogP contribution in [-0.4, -0.2) is 0 Å². The third-order valence-corrected chi connectivity index (χ3v) is 7.63. The van der Waals surface area contributed by atoms with Gasteiger partial charge in [0.2, 0.25) is 0 Å². The Balaban J connectivity index is 0.000000109. The van der Waals surface area contributed by atoms with E-state index in [2.05, 4.69) is 24.3 Å². The lowest BCUT2D eigenvalue weighted by Crippen LogP contribution is -2.11. The van der Waals surface area contributed by atoms with E-state index in [1.165, 1.54) is 77.0 Å².